The fraction of sp³-hybridized carbons (Fsp3) is 0.176. The first kappa shape index (κ1) is 15.8. The Morgan fingerprint density at radius 3 is 2.54 bits per heavy atom. The number of para-hydroxylation sites is 2. The Morgan fingerprint density at radius 2 is 1.83 bits per heavy atom. The van der Waals surface area contributed by atoms with E-state index in [4.69, 9.17) is 0 Å². The van der Waals surface area contributed by atoms with Gasteiger partial charge in [0.15, 0.2) is 11.4 Å². The van der Waals surface area contributed by atoms with Gasteiger partial charge in [-0.25, -0.2) is 0 Å². The summed E-state index contributed by atoms with van der Waals surface area (Å²) in [5, 5.41) is 21.9. The lowest BCUT2D eigenvalue weighted by Crippen LogP contribution is -2.40. The van der Waals surface area contributed by atoms with Crippen molar-refractivity contribution in [2.24, 2.45) is 0 Å². The van der Waals surface area contributed by atoms with Gasteiger partial charge in [0.05, 0.1) is 22.6 Å². The summed E-state index contributed by atoms with van der Waals surface area (Å²) in [6.07, 6.45) is -0.558. The van der Waals surface area contributed by atoms with Gasteiger partial charge in [0.25, 0.3) is 11.6 Å². The Bertz CT molecular complexity index is 864. The molecule has 7 heteroatoms. The zero-order valence-electron chi connectivity index (χ0n) is 12.8. The number of amides is 1. The summed E-state index contributed by atoms with van der Waals surface area (Å²) >= 11 is 0. The number of carbonyl (C=O) groups excluding carboxylic acids is 2. The van der Waals surface area contributed by atoms with Crippen LogP contribution in [0, 0.1) is 10.1 Å². The van der Waals surface area contributed by atoms with Crippen LogP contribution in [-0.4, -0.2) is 28.8 Å². The molecule has 1 aliphatic heterocycles. The SMILES string of the molecule is CN1C(=O)[C@](O)(CC(=O)c2ccccc2[N+](=O)[O-])c2ccccc21. The molecule has 2 aromatic rings. The maximum absolute atomic E-state index is 12.6. The number of rotatable bonds is 4. The van der Waals surface area contributed by atoms with E-state index in [9.17, 15) is 24.8 Å². The van der Waals surface area contributed by atoms with Crippen LogP contribution in [0.1, 0.15) is 22.3 Å². The van der Waals surface area contributed by atoms with Crippen LogP contribution in [0.15, 0.2) is 48.5 Å². The molecule has 0 spiro atoms. The molecule has 0 radical (unpaired) electrons. The minimum atomic E-state index is -2.02. The molecule has 0 fully saturated rings. The minimum Gasteiger partial charge on any atom is -0.375 e. The van der Waals surface area contributed by atoms with E-state index < -0.39 is 28.6 Å². The van der Waals surface area contributed by atoms with Crippen LogP contribution < -0.4 is 4.90 Å². The van der Waals surface area contributed by atoms with Crippen LogP contribution in [0.2, 0.25) is 0 Å². The summed E-state index contributed by atoms with van der Waals surface area (Å²) in [7, 11) is 1.51. The lowest BCUT2D eigenvalue weighted by Gasteiger charge is -2.21. The molecule has 0 aliphatic carbocycles. The molecule has 1 N–H and O–H groups in total. The van der Waals surface area contributed by atoms with E-state index >= 15 is 0 Å². The van der Waals surface area contributed by atoms with Crippen molar-refractivity contribution < 1.29 is 19.6 Å². The van der Waals surface area contributed by atoms with E-state index in [0.717, 1.165) is 0 Å². The van der Waals surface area contributed by atoms with E-state index in [0.29, 0.717) is 11.3 Å². The summed E-state index contributed by atoms with van der Waals surface area (Å²) < 4.78 is 0. The normalized spacial score (nSPS) is 19.2. The van der Waals surface area contributed by atoms with Crippen LogP contribution >= 0.6 is 0 Å². The molecule has 24 heavy (non-hydrogen) atoms. The van der Waals surface area contributed by atoms with Gasteiger partial charge in [-0.15, -0.1) is 0 Å². The van der Waals surface area contributed by atoms with E-state index in [1.807, 2.05) is 0 Å². The van der Waals surface area contributed by atoms with Crippen LogP contribution in [-0.2, 0) is 10.4 Å². The predicted molar refractivity (Wildman–Crippen MR) is 85.8 cm³/mol. The summed E-state index contributed by atoms with van der Waals surface area (Å²) in [6, 6.07) is 12.1. The number of anilines is 1. The molecule has 7 nitrogen and oxygen atoms in total. The van der Waals surface area contributed by atoms with Gasteiger partial charge < -0.3 is 10.0 Å². The van der Waals surface area contributed by atoms with Crippen molar-refractivity contribution in [3.63, 3.8) is 0 Å². The second-order valence-electron chi connectivity index (χ2n) is 5.62. The highest BCUT2D eigenvalue weighted by Crippen LogP contribution is 2.42. The molecule has 3 rings (SSSR count). The topological polar surface area (TPSA) is 101 Å². The summed E-state index contributed by atoms with van der Waals surface area (Å²) in [5.74, 6) is -1.29. The van der Waals surface area contributed by atoms with Crippen molar-refractivity contribution in [1.82, 2.24) is 0 Å². The summed E-state index contributed by atoms with van der Waals surface area (Å²) in [4.78, 5) is 36.7. The summed E-state index contributed by atoms with van der Waals surface area (Å²) in [5.41, 5.74) is -1.66. The number of fused-ring (bicyclic) bond motifs is 1. The second-order valence-corrected chi connectivity index (χ2v) is 5.62. The Morgan fingerprint density at radius 1 is 1.21 bits per heavy atom. The third kappa shape index (κ3) is 2.26. The fourth-order valence-electron chi connectivity index (χ4n) is 2.98. The van der Waals surface area contributed by atoms with Crippen molar-refractivity contribution in [3.05, 3.63) is 69.8 Å². The van der Waals surface area contributed by atoms with Crippen molar-refractivity contribution in [2.75, 3.05) is 11.9 Å². The number of benzene rings is 2. The number of Topliss-reactive ketones (excluding diaryl/α,β-unsaturated/α-hetero) is 1. The van der Waals surface area contributed by atoms with E-state index in [1.54, 1.807) is 24.3 Å². The van der Waals surface area contributed by atoms with E-state index in [1.165, 1.54) is 36.2 Å². The zero-order chi connectivity index (χ0) is 17.5. The van der Waals surface area contributed by atoms with Gasteiger partial charge in [-0.3, -0.25) is 19.7 Å². The highest BCUT2D eigenvalue weighted by molar-refractivity contribution is 6.11. The molecule has 1 aliphatic rings. The fourth-order valence-corrected chi connectivity index (χ4v) is 2.98. The maximum atomic E-state index is 12.6. The molecule has 2 aromatic carbocycles. The number of nitro groups is 1. The average Bonchev–Trinajstić information content (AvgIpc) is 2.77. The number of hydrogen-bond acceptors (Lipinski definition) is 5. The molecule has 1 atom stereocenters. The van der Waals surface area contributed by atoms with Crippen molar-refractivity contribution in [2.45, 2.75) is 12.0 Å². The highest BCUT2D eigenvalue weighted by Gasteiger charge is 2.50. The molecule has 0 aromatic heterocycles. The van der Waals surface area contributed by atoms with E-state index in [-0.39, 0.29) is 11.3 Å². The smallest absolute Gasteiger partial charge is 0.280 e. The molecule has 0 bridgehead atoms. The third-order valence-electron chi connectivity index (χ3n) is 4.19. The standard InChI is InChI=1S/C17H14N2O5/c1-18-14-9-5-3-7-12(14)17(22,16(18)21)10-15(20)11-6-2-4-8-13(11)19(23)24/h2-9,22H,10H2,1H3/t17-/m0/s1. The summed E-state index contributed by atoms with van der Waals surface area (Å²) in [6.45, 7) is 0. The average molecular weight is 326 g/mol. The molecular weight excluding hydrogens is 312 g/mol. The van der Waals surface area contributed by atoms with Gasteiger partial charge in [-0.1, -0.05) is 30.3 Å². The quantitative estimate of drug-likeness (QED) is 0.526. The van der Waals surface area contributed by atoms with Crippen molar-refractivity contribution in [1.29, 1.82) is 0 Å². The first-order chi connectivity index (χ1) is 11.4. The molecular formula is C17H14N2O5. The van der Waals surface area contributed by atoms with Gasteiger partial charge in [0.1, 0.15) is 0 Å². The monoisotopic (exact) mass is 326 g/mol. The van der Waals surface area contributed by atoms with Crippen LogP contribution in [0.25, 0.3) is 0 Å². The lowest BCUT2D eigenvalue weighted by atomic mass is 9.88. The molecule has 0 unspecified atom stereocenters. The largest absolute Gasteiger partial charge is 0.375 e. The van der Waals surface area contributed by atoms with Crippen molar-refractivity contribution >= 4 is 23.1 Å². The number of likely N-dealkylation sites (N-methyl/N-ethyl adjacent to an activating group) is 1. The Balaban J connectivity index is 2.01. The van der Waals surface area contributed by atoms with Gasteiger partial charge in [-0.2, -0.15) is 0 Å². The van der Waals surface area contributed by atoms with Gasteiger partial charge in [0, 0.05) is 18.7 Å². The van der Waals surface area contributed by atoms with E-state index in [2.05, 4.69) is 0 Å². The third-order valence-corrected chi connectivity index (χ3v) is 4.19. The Hall–Kier alpha value is -3.06. The predicted octanol–water partition coefficient (Wildman–Crippen LogP) is 2.03. The second kappa shape index (κ2) is 5.54. The number of ketones is 1. The number of hydrogen-bond donors (Lipinski definition) is 1. The van der Waals surface area contributed by atoms with Gasteiger partial charge >= 0.3 is 0 Å². The maximum Gasteiger partial charge on any atom is 0.280 e. The molecule has 122 valence electrons. The number of carbonyl (C=O) groups is 2. The van der Waals surface area contributed by atoms with Gasteiger partial charge in [-0.05, 0) is 12.1 Å². The number of nitrogens with zero attached hydrogens (tertiary/aromatic N) is 2. The Labute approximate surface area is 137 Å². The number of aliphatic hydroxyl groups is 1. The highest BCUT2D eigenvalue weighted by atomic mass is 16.6. The first-order valence-corrected chi connectivity index (χ1v) is 7.23. The first-order valence-electron chi connectivity index (χ1n) is 7.23. The number of nitro benzene ring substituents is 1. The van der Waals surface area contributed by atoms with Crippen LogP contribution in [0.5, 0.6) is 0 Å². The minimum absolute atomic E-state index is 0.129. The van der Waals surface area contributed by atoms with Crippen LogP contribution in [0.4, 0.5) is 11.4 Å². The van der Waals surface area contributed by atoms with Gasteiger partial charge in [0.2, 0.25) is 0 Å². The molecule has 1 heterocycles. The Kier molecular flexibility index (Phi) is 3.65. The van der Waals surface area contributed by atoms with Crippen LogP contribution in [0.3, 0.4) is 0 Å². The zero-order valence-corrected chi connectivity index (χ0v) is 12.8. The molecule has 1 amide bonds. The lowest BCUT2D eigenvalue weighted by molar-refractivity contribution is -0.385. The van der Waals surface area contributed by atoms with Crippen molar-refractivity contribution in [3.8, 4) is 0 Å². The molecule has 0 saturated carbocycles. The molecule has 0 saturated heterocycles.